The molecule has 10 heteroatoms. The number of fused-ring (bicyclic) bond motifs is 1. The molecule has 0 spiro atoms. The molecule has 0 amide bonds. The van der Waals surface area contributed by atoms with Crippen LogP contribution >= 0.6 is 11.8 Å². The second-order valence-corrected chi connectivity index (χ2v) is 15.1. The molecule has 7 nitrogen and oxygen atoms in total. The Morgan fingerprint density at radius 1 is 1.29 bits per heavy atom. The lowest BCUT2D eigenvalue weighted by Gasteiger charge is -2.22. The Balaban J connectivity index is 2.58. The molecule has 156 valence electrons. The molecule has 0 saturated carbocycles. The summed E-state index contributed by atoms with van der Waals surface area (Å²) in [7, 11) is -1.31. The summed E-state index contributed by atoms with van der Waals surface area (Å²) in [5.41, 5.74) is -1.00. The summed E-state index contributed by atoms with van der Waals surface area (Å²) < 4.78 is 27.8. The molecule has 2 heterocycles. The largest absolute Gasteiger partial charge is 0.476 e. The van der Waals surface area contributed by atoms with Crippen LogP contribution in [0.15, 0.2) is 5.16 Å². The number of carbonyl (C=O) groups is 1. The van der Waals surface area contributed by atoms with Crippen molar-refractivity contribution in [3.8, 4) is 5.88 Å². The molecule has 0 aliphatic heterocycles. The smallest absolute Gasteiger partial charge is 0.355 e. The standard InChI is InChI=1S/C18H28FN3O4SSi/c1-18(2,3)26-15-14-12(20-17(21-15)27-4)11(19)13(16(23)24)22(14)10-25-8-9-28(5,6)7/h8-10H2,1-7H3,(H,23,24). The summed E-state index contributed by atoms with van der Waals surface area (Å²) in [6.45, 7) is 12.5. The highest BCUT2D eigenvalue weighted by molar-refractivity contribution is 7.98. The molecule has 28 heavy (non-hydrogen) atoms. The number of ether oxygens (including phenoxy) is 2. The van der Waals surface area contributed by atoms with Crippen LogP contribution in [0.5, 0.6) is 5.88 Å². The van der Waals surface area contributed by atoms with Gasteiger partial charge in [0, 0.05) is 14.7 Å². The summed E-state index contributed by atoms with van der Waals surface area (Å²) in [4.78, 5) is 20.3. The van der Waals surface area contributed by atoms with E-state index in [9.17, 15) is 14.3 Å². The SMILES string of the molecule is CSc1nc(OC(C)(C)C)c2c(n1)c(F)c(C(=O)O)n2COCC[Si](C)(C)C. The zero-order chi connectivity index (χ0) is 21.3. The number of thioether (sulfide) groups is 1. The Labute approximate surface area is 169 Å². The summed E-state index contributed by atoms with van der Waals surface area (Å²) in [5, 5.41) is 9.88. The van der Waals surface area contributed by atoms with Crippen LogP contribution in [0.3, 0.4) is 0 Å². The third-order valence-corrected chi connectivity index (χ3v) is 6.04. The van der Waals surface area contributed by atoms with E-state index in [2.05, 4.69) is 29.6 Å². The van der Waals surface area contributed by atoms with Crippen LogP contribution in [0, 0.1) is 5.82 Å². The Morgan fingerprint density at radius 3 is 2.43 bits per heavy atom. The fourth-order valence-corrected chi connectivity index (χ4v) is 3.59. The Kier molecular flexibility index (Phi) is 6.77. The topological polar surface area (TPSA) is 86.5 Å². The number of halogens is 1. The van der Waals surface area contributed by atoms with Crippen molar-refractivity contribution < 1.29 is 23.8 Å². The van der Waals surface area contributed by atoms with Gasteiger partial charge in [0.05, 0.1) is 0 Å². The lowest BCUT2D eigenvalue weighted by Crippen LogP contribution is -2.25. The molecule has 0 saturated heterocycles. The number of hydrogen-bond acceptors (Lipinski definition) is 6. The Bertz CT molecular complexity index is 875. The van der Waals surface area contributed by atoms with Crippen LogP contribution in [0.2, 0.25) is 25.7 Å². The number of carboxylic acid groups (broad SMARTS) is 1. The number of nitrogens with zero attached hydrogens (tertiary/aromatic N) is 3. The number of hydrogen-bond donors (Lipinski definition) is 1. The fraction of sp³-hybridized carbons (Fsp3) is 0.611. The van der Waals surface area contributed by atoms with Gasteiger partial charge in [-0.25, -0.2) is 14.2 Å². The summed E-state index contributed by atoms with van der Waals surface area (Å²) in [6, 6.07) is 0.912. The average Bonchev–Trinajstić information content (AvgIpc) is 2.82. The minimum atomic E-state index is -1.39. The maximum atomic E-state index is 15.0. The van der Waals surface area contributed by atoms with Crippen molar-refractivity contribution in [2.24, 2.45) is 0 Å². The normalized spacial score (nSPS) is 12.6. The van der Waals surface area contributed by atoms with E-state index in [0.29, 0.717) is 11.8 Å². The van der Waals surface area contributed by atoms with Gasteiger partial charge < -0.3 is 19.1 Å². The maximum absolute atomic E-state index is 15.0. The third kappa shape index (κ3) is 5.45. The average molecular weight is 430 g/mol. The second kappa shape index (κ2) is 8.38. The van der Waals surface area contributed by atoms with Crippen LogP contribution in [0.4, 0.5) is 4.39 Å². The van der Waals surface area contributed by atoms with Crippen LogP contribution in [0.1, 0.15) is 31.3 Å². The van der Waals surface area contributed by atoms with Gasteiger partial charge in [-0.05, 0) is 33.1 Å². The predicted molar refractivity (Wildman–Crippen MR) is 111 cm³/mol. The van der Waals surface area contributed by atoms with E-state index in [-0.39, 0.29) is 23.6 Å². The van der Waals surface area contributed by atoms with Gasteiger partial charge in [-0.15, -0.1) is 0 Å². The zero-order valence-corrected chi connectivity index (χ0v) is 19.2. The Hall–Kier alpha value is -1.65. The highest BCUT2D eigenvalue weighted by Gasteiger charge is 2.29. The molecule has 0 aromatic carbocycles. The predicted octanol–water partition coefficient (Wildman–Crippen LogP) is 4.48. The molecule has 0 fully saturated rings. The van der Waals surface area contributed by atoms with Crippen molar-refractivity contribution in [2.75, 3.05) is 12.9 Å². The van der Waals surface area contributed by atoms with Gasteiger partial charge in [-0.3, -0.25) is 0 Å². The molecule has 0 aliphatic rings. The van der Waals surface area contributed by atoms with Crippen LogP contribution in [-0.4, -0.2) is 52.1 Å². The number of rotatable bonds is 8. The van der Waals surface area contributed by atoms with Gasteiger partial charge in [0.2, 0.25) is 5.88 Å². The van der Waals surface area contributed by atoms with E-state index in [1.807, 2.05) is 20.8 Å². The van der Waals surface area contributed by atoms with Gasteiger partial charge in [0.1, 0.15) is 23.4 Å². The van der Waals surface area contributed by atoms with E-state index >= 15 is 0 Å². The van der Waals surface area contributed by atoms with Crippen LogP contribution in [-0.2, 0) is 11.5 Å². The maximum Gasteiger partial charge on any atom is 0.355 e. The second-order valence-electron chi connectivity index (χ2n) is 8.67. The van der Waals surface area contributed by atoms with Gasteiger partial charge in [-0.2, -0.15) is 4.98 Å². The molecule has 2 aromatic heterocycles. The summed E-state index contributed by atoms with van der Waals surface area (Å²) in [6.07, 6.45) is 1.76. The molecular formula is C18H28FN3O4SSi. The molecule has 0 atom stereocenters. The minimum Gasteiger partial charge on any atom is -0.476 e. The monoisotopic (exact) mass is 429 g/mol. The summed E-state index contributed by atoms with van der Waals surface area (Å²) >= 11 is 1.23. The molecule has 0 bridgehead atoms. The van der Waals surface area contributed by atoms with Crippen molar-refractivity contribution in [1.82, 2.24) is 14.5 Å². The molecule has 1 N–H and O–H groups in total. The highest BCUT2D eigenvalue weighted by atomic mass is 32.2. The van der Waals surface area contributed by atoms with Gasteiger partial charge in [-0.1, -0.05) is 31.4 Å². The number of aromatic carboxylic acids is 1. The molecule has 2 aromatic rings. The first kappa shape index (κ1) is 22.6. The first-order valence-corrected chi connectivity index (χ1v) is 13.9. The third-order valence-electron chi connectivity index (χ3n) is 3.79. The highest BCUT2D eigenvalue weighted by Crippen LogP contribution is 2.33. The van der Waals surface area contributed by atoms with E-state index in [1.54, 1.807) is 6.26 Å². The molecule has 2 rings (SSSR count). The lowest BCUT2D eigenvalue weighted by atomic mass is 10.2. The molecule has 0 unspecified atom stereocenters. The number of carboxylic acids is 1. The van der Waals surface area contributed by atoms with E-state index in [4.69, 9.17) is 9.47 Å². The molecular weight excluding hydrogens is 401 g/mol. The molecule has 0 radical (unpaired) electrons. The van der Waals surface area contributed by atoms with Crippen molar-refractivity contribution in [3.05, 3.63) is 11.5 Å². The van der Waals surface area contributed by atoms with Gasteiger partial charge >= 0.3 is 5.97 Å². The van der Waals surface area contributed by atoms with E-state index < -0.39 is 31.2 Å². The quantitative estimate of drug-likeness (QED) is 0.286. The van der Waals surface area contributed by atoms with E-state index in [1.165, 1.54) is 16.3 Å². The van der Waals surface area contributed by atoms with Gasteiger partial charge in [0.25, 0.3) is 0 Å². The fourth-order valence-electron chi connectivity index (χ4n) is 2.48. The van der Waals surface area contributed by atoms with Crippen molar-refractivity contribution in [3.63, 3.8) is 0 Å². The zero-order valence-electron chi connectivity index (χ0n) is 17.4. The van der Waals surface area contributed by atoms with Crippen molar-refractivity contribution in [1.29, 1.82) is 0 Å². The minimum absolute atomic E-state index is 0.0789. The molecule has 0 aliphatic carbocycles. The van der Waals surface area contributed by atoms with Crippen molar-refractivity contribution >= 4 is 36.8 Å². The van der Waals surface area contributed by atoms with Crippen LogP contribution < -0.4 is 4.74 Å². The van der Waals surface area contributed by atoms with Crippen LogP contribution in [0.25, 0.3) is 11.0 Å². The lowest BCUT2D eigenvalue weighted by molar-refractivity contribution is 0.0620. The summed E-state index contributed by atoms with van der Waals surface area (Å²) in [5.74, 6) is -2.16. The Morgan fingerprint density at radius 2 is 1.93 bits per heavy atom. The van der Waals surface area contributed by atoms with Gasteiger partial charge in [0.15, 0.2) is 16.7 Å². The first-order chi connectivity index (χ1) is 12.8. The van der Waals surface area contributed by atoms with E-state index in [0.717, 1.165) is 6.04 Å². The number of aromatic nitrogens is 3. The first-order valence-electron chi connectivity index (χ1n) is 8.98. The van der Waals surface area contributed by atoms with Crippen molar-refractivity contribution in [2.45, 2.75) is 63.9 Å².